The van der Waals surface area contributed by atoms with Gasteiger partial charge in [0.05, 0.1) is 22.0 Å². The fourth-order valence-electron chi connectivity index (χ4n) is 7.89. The summed E-state index contributed by atoms with van der Waals surface area (Å²) in [5.41, 5.74) is 3.59. The van der Waals surface area contributed by atoms with E-state index in [1.54, 1.807) is 24.3 Å². The highest BCUT2D eigenvalue weighted by atomic mass is 32.2. The first-order chi connectivity index (χ1) is 17.3. The monoisotopic (exact) mass is 501 g/mol. The number of fused-ring (bicyclic) bond motifs is 4. The maximum atomic E-state index is 13.9. The van der Waals surface area contributed by atoms with E-state index >= 15 is 0 Å². The van der Waals surface area contributed by atoms with Crippen LogP contribution in [-0.2, 0) is 26.6 Å². The number of rotatable bonds is 2. The highest BCUT2D eigenvalue weighted by Gasteiger charge is 2.65. The average molecular weight is 502 g/mol. The van der Waals surface area contributed by atoms with Crippen LogP contribution in [0.3, 0.4) is 0 Å². The van der Waals surface area contributed by atoms with E-state index in [4.69, 9.17) is 4.74 Å². The van der Waals surface area contributed by atoms with Crippen molar-refractivity contribution in [2.24, 2.45) is 11.3 Å². The van der Waals surface area contributed by atoms with Crippen molar-refractivity contribution in [2.45, 2.75) is 68.7 Å². The maximum Gasteiger partial charge on any atom is 0.268 e. The van der Waals surface area contributed by atoms with Crippen molar-refractivity contribution >= 4 is 31.8 Å². The van der Waals surface area contributed by atoms with Gasteiger partial charge in [0.15, 0.2) is 6.29 Å². The van der Waals surface area contributed by atoms with Gasteiger partial charge in [0, 0.05) is 22.6 Å². The smallest absolute Gasteiger partial charge is 0.268 e. The van der Waals surface area contributed by atoms with E-state index in [1.165, 1.54) is 15.1 Å². The van der Waals surface area contributed by atoms with E-state index in [0.29, 0.717) is 17.9 Å². The van der Waals surface area contributed by atoms with E-state index in [-0.39, 0.29) is 21.8 Å². The molecule has 3 aromatic carbocycles. The second-order valence-electron chi connectivity index (χ2n) is 11.3. The molecule has 1 spiro atoms. The molecule has 2 heterocycles. The zero-order chi connectivity index (χ0) is 24.9. The molecule has 1 N–H and O–H groups in total. The second kappa shape index (κ2) is 7.44. The lowest BCUT2D eigenvalue weighted by Gasteiger charge is -2.59. The van der Waals surface area contributed by atoms with Crippen LogP contribution in [0.15, 0.2) is 71.6 Å². The molecule has 4 unspecified atom stereocenters. The zero-order valence-corrected chi connectivity index (χ0v) is 21.5. The Morgan fingerprint density at radius 3 is 2.53 bits per heavy atom. The summed E-state index contributed by atoms with van der Waals surface area (Å²) < 4.78 is 35.6. The zero-order valence-electron chi connectivity index (χ0n) is 20.6. The number of hydrogen-bond acceptors (Lipinski definition) is 4. The highest BCUT2D eigenvalue weighted by Crippen LogP contribution is 2.65. The van der Waals surface area contributed by atoms with Crippen molar-refractivity contribution < 1.29 is 18.3 Å². The predicted molar refractivity (Wildman–Crippen MR) is 140 cm³/mol. The van der Waals surface area contributed by atoms with E-state index in [0.717, 1.165) is 42.0 Å². The Morgan fingerprint density at radius 1 is 0.972 bits per heavy atom. The van der Waals surface area contributed by atoms with Crippen LogP contribution in [0.25, 0.3) is 21.8 Å². The van der Waals surface area contributed by atoms with Crippen molar-refractivity contribution in [2.75, 3.05) is 0 Å². The first-order valence-corrected chi connectivity index (χ1v) is 14.4. The summed E-state index contributed by atoms with van der Waals surface area (Å²) in [6.07, 6.45) is 3.75. The summed E-state index contributed by atoms with van der Waals surface area (Å²) in [5, 5.41) is 12.6. The number of ether oxygens (including phenoxy) is 1. The standard InChI is InChI=1S/C30H31NO4S/c1-19-12-13-27-30(18-28(32)35-27)24-17-23-22-10-6-7-11-25(22)31(36(33,34)21-8-4-3-5-9-21)26(23)16-20(24)14-15-29(19,30)2/h3-11,16-17,19,27-28,32H,12-15,18H2,1-2H3/t19?,27?,28-,29?,30?/m1/s1. The normalized spacial score (nSPS) is 31.8. The molecule has 5 atom stereocenters. The molecule has 5 nitrogen and oxygen atoms in total. The molecule has 6 heteroatoms. The minimum absolute atomic E-state index is 0.0164. The maximum absolute atomic E-state index is 13.9. The Morgan fingerprint density at radius 2 is 1.72 bits per heavy atom. The van der Waals surface area contributed by atoms with Crippen LogP contribution in [0, 0.1) is 11.3 Å². The van der Waals surface area contributed by atoms with Crippen molar-refractivity contribution in [3.05, 3.63) is 77.9 Å². The molecule has 1 saturated carbocycles. The summed E-state index contributed by atoms with van der Waals surface area (Å²) in [6.45, 7) is 4.74. The first kappa shape index (κ1) is 22.5. The summed E-state index contributed by atoms with van der Waals surface area (Å²) >= 11 is 0. The number of para-hydroxylation sites is 1. The molecule has 1 aromatic heterocycles. The Balaban J connectivity index is 1.56. The highest BCUT2D eigenvalue weighted by molar-refractivity contribution is 7.90. The van der Waals surface area contributed by atoms with Gasteiger partial charge in [0.1, 0.15) is 0 Å². The summed E-state index contributed by atoms with van der Waals surface area (Å²) in [4.78, 5) is 0.282. The number of hydrogen-bond donors (Lipinski definition) is 1. The van der Waals surface area contributed by atoms with E-state index in [9.17, 15) is 13.5 Å². The number of aryl methyl sites for hydroxylation is 1. The van der Waals surface area contributed by atoms with E-state index in [2.05, 4.69) is 26.0 Å². The number of benzene rings is 3. The lowest BCUT2D eigenvalue weighted by Crippen LogP contribution is -2.58. The van der Waals surface area contributed by atoms with Gasteiger partial charge in [0.25, 0.3) is 10.0 Å². The lowest BCUT2D eigenvalue weighted by molar-refractivity contribution is -0.117. The fraction of sp³-hybridized carbons (Fsp3) is 0.400. The van der Waals surface area contributed by atoms with Crippen molar-refractivity contribution in [1.82, 2.24) is 3.97 Å². The van der Waals surface area contributed by atoms with Crippen LogP contribution in [0.4, 0.5) is 0 Å². The predicted octanol–water partition coefficient (Wildman–Crippen LogP) is 5.76. The molecule has 3 aliphatic rings. The Bertz CT molecular complexity index is 1630. The number of aromatic nitrogens is 1. The third kappa shape index (κ3) is 2.70. The number of aliphatic hydroxyl groups excluding tert-OH is 1. The topological polar surface area (TPSA) is 68.5 Å². The van der Waals surface area contributed by atoms with Crippen LogP contribution in [0.5, 0.6) is 0 Å². The van der Waals surface area contributed by atoms with Crippen LogP contribution in [-0.4, -0.2) is 29.9 Å². The van der Waals surface area contributed by atoms with Crippen molar-refractivity contribution in [1.29, 1.82) is 0 Å². The molecule has 0 bridgehead atoms. The fourth-order valence-corrected chi connectivity index (χ4v) is 9.43. The van der Waals surface area contributed by atoms with Gasteiger partial charge < -0.3 is 9.84 Å². The number of nitrogens with zero attached hydrogens (tertiary/aromatic N) is 1. The molecule has 1 aliphatic heterocycles. The molecule has 2 aliphatic carbocycles. The van der Waals surface area contributed by atoms with Gasteiger partial charge in [-0.2, -0.15) is 0 Å². The van der Waals surface area contributed by atoms with Crippen molar-refractivity contribution in [3.8, 4) is 0 Å². The lowest BCUT2D eigenvalue weighted by atomic mass is 9.44. The molecule has 0 amide bonds. The Labute approximate surface area is 211 Å². The van der Waals surface area contributed by atoms with Crippen LogP contribution < -0.4 is 0 Å². The molecule has 7 rings (SSSR count). The first-order valence-electron chi connectivity index (χ1n) is 13.0. The summed E-state index contributed by atoms with van der Waals surface area (Å²) in [6, 6.07) is 20.8. The Hall–Kier alpha value is -2.67. The third-order valence-electron chi connectivity index (χ3n) is 9.87. The van der Waals surface area contributed by atoms with E-state index < -0.39 is 16.3 Å². The largest absolute Gasteiger partial charge is 0.368 e. The molecule has 1 saturated heterocycles. The summed E-state index contributed by atoms with van der Waals surface area (Å²) in [7, 11) is -3.80. The second-order valence-corrected chi connectivity index (χ2v) is 13.1. The van der Waals surface area contributed by atoms with Gasteiger partial charge in [-0.1, -0.05) is 50.2 Å². The quantitative estimate of drug-likeness (QED) is 0.379. The van der Waals surface area contributed by atoms with Crippen LogP contribution in [0.2, 0.25) is 0 Å². The number of aliphatic hydroxyl groups is 1. The van der Waals surface area contributed by atoms with Crippen LogP contribution >= 0.6 is 0 Å². The van der Waals surface area contributed by atoms with Gasteiger partial charge in [-0.25, -0.2) is 12.4 Å². The van der Waals surface area contributed by atoms with Gasteiger partial charge in [-0.3, -0.25) is 0 Å². The Kier molecular flexibility index (Phi) is 4.65. The van der Waals surface area contributed by atoms with Crippen LogP contribution in [0.1, 0.15) is 50.7 Å². The van der Waals surface area contributed by atoms with Gasteiger partial charge in [-0.15, -0.1) is 0 Å². The SMILES string of the molecule is CC1CCC2O[C@@H](O)CC23c2cc4c5ccccc5n(S(=O)(=O)c5ccccc5)c4cc2CCC13C. The molecule has 4 aromatic rings. The average Bonchev–Trinajstić information content (AvgIpc) is 3.40. The minimum Gasteiger partial charge on any atom is -0.368 e. The van der Waals surface area contributed by atoms with Gasteiger partial charge in [0.2, 0.25) is 0 Å². The van der Waals surface area contributed by atoms with Gasteiger partial charge in [-0.05, 0) is 78.5 Å². The third-order valence-corrected chi connectivity index (χ3v) is 11.6. The molecule has 36 heavy (non-hydrogen) atoms. The molecule has 0 radical (unpaired) electrons. The van der Waals surface area contributed by atoms with Gasteiger partial charge >= 0.3 is 0 Å². The molecular formula is C30H31NO4S. The molecule has 2 fully saturated rings. The minimum atomic E-state index is -3.80. The summed E-state index contributed by atoms with van der Waals surface area (Å²) in [5.74, 6) is 0.520. The van der Waals surface area contributed by atoms with Crippen molar-refractivity contribution in [3.63, 3.8) is 0 Å². The van der Waals surface area contributed by atoms with E-state index in [1.807, 2.05) is 30.3 Å². The molecule has 186 valence electrons. The molecular weight excluding hydrogens is 470 g/mol.